The highest BCUT2D eigenvalue weighted by atomic mass is 79.9. The van der Waals surface area contributed by atoms with Crippen molar-refractivity contribution in [3.63, 3.8) is 0 Å². The van der Waals surface area contributed by atoms with Crippen molar-refractivity contribution >= 4 is 50.6 Å². The van der Waals surface area contributed by atoms with E-state index in [2.05, 4.69) is 26.5 Å². The van der Waals surface area contributed by atoms with E-state index in [4.69, 9.17) is 25.5 Å². The average Bonchev–Trinajstić information content (AvgIpc) is 3.23. The number of rotatable bonds is 8. The maximum absolute atomic E-state index is 13.9. The topological polar surface area (TPSA) is 73.1 Å². The van der Waals surface area contributed by atoms with Gasteiger partial charge in [-0.3, -0.25) is 4.79 Å². The molecule has 3 aromatic carbocycles. The van der Waals surface area contributed by atoms with E-state index in [0.717, 1.165) is 5.39 Å². The lowest BCUT2D eigenvalue weighted by Crippen LogP contribution is -2.16. The van der Waals surface area contributed by atoms with Crippen molar-refractivity contribution < 1.29 is 23.1 Å². The fraction of sp³-hybridized carbons (Fsp3) is 0.120. The molecule has 1 aromatic heterocycles. The van der Waals surface area contributed by atoms with E-state index < -0.39 is 5.91 Å². The number of hydrazone groups is 1. The van der Waals surface area contributed by atoms with Crippen LogP contribution < -0.4 is 14.9 Å². The van der Waals surface area contributed by atoms with E-state index in [1.165, 1.54) is 12.3 Å². The SMILES string of the molecule is CCOc1cc(/C=N/NC(=O)c2cc3cc(Cl)ccc3o2)cc(Br)c1OCc1ccccc1F. The Balaban J connectivity index is 1.47. The van der Waals surface area contributed by atoms with Crippen LogP contribution in [0.15, 0.2) is 74.7 Å². The number of hydrogen-bond donors (Lipinski definition) is 1. The fourth-order valence-corrected chi connectivity index (χ4v) is 3.93. The molecule has 0 bridgehead atoms. The third-order valence-electron chi connectivity index (χ3n) is 4.74. The van der Waals surface area contributed by atoms with Gasteiger partial charge < -0.3 is 13.9 Å². The van der Waals surface area contributed by atoms with Gasteiger partial charge in [-0.15, -0.1) is 0 Å². The normalized spacial score (nSPS) is 11.2. The predicted molar refractivity (Wildman–Crippen MR) is 132 cm³/mol. The summed E-state index contributed by atoms with van der Waals surface area (Å²) < 4.78 is 31.6. The summed E-state index contributed by atoms with van der Waals surface area (Å²) >= 11 is 9.44. The van der Waals surface area contributed by atoms with Gasteiger partial charge in [0.15, 0.2) is 17.3 Å². The van der Waals surface area contributed by atoms with Gasteiger partial charge in [0.25, 0.3) is 0 Å². The molecule has 0 saturated carbocycles. The second-order valence-corrected chi connectivity index (χ2v) is 8.43. The Morgan fingerprint density at radius 2 is 2.00 bits per heavy atom. The van der Waals surface area contributed by atoms with E-state index >= 15 is 0 Å². The van der Waals surface area contributed by atoms with Crippen molar-refractivity contribution in [2.75, 3.05) is 6.61 Å². The van der Waals surface area contributed by atoms with Crippen LogP contribution in [0.2, 0.25) is 5.02 Å². The van der Waals surface area contributed by atoms with E-state index in [9.17, 15) is 9.18 Å². The number of hydrogen-bond acceptors (Lipinski definition) is 5. The number of nitrogens with one attached hydrogen (secondary N) is 1. The molecule has 0 unspecified atom stereocenters. The highest BCUT2D eigenvalue weighted by Gasteiger charge is 2.14. The molecule has 1 N–H and O–H groups in total. The molecule has 4 rings (SSSR count). The van der Waals surface area contributed by atoms with Crippen LogP contribution in [0.4, 0.5) is 4.39 Å². The molecule has 34 heavy (non-hydrogen) atoms. The highest BCUT2D eigenvalue weighted by molar-refractivity contribution is 9.10. The minimum absolute atomic E-state index is 0.0392. The van der Waals surface area contributed by atoms with Crippen LogP contribution in [0, 0.1) is 5.82 Å². The lowest BCUT2D eigenvalue weighted by atomic mass is 10.2. The zero-order valence-electron chi connectivity index (χ0n) is 18.0. The molecule has 0 spiro atoms. The summed E-state index contributed by atoms with van der Waals surface area (Å²) in [5, 5.41) is 5.28. The van der Waals surface area contributed by atoms with Gasteiger partial charge in [-0.1, -0.05) is 29.8 Å². The second kappa shape index (κ2) is 10.7. The summed E-state index contributed by atoms with van der Waals surface area (Å²) in [7, 11) is 0. The van der Waals surface area contributed by atoms with Crippen LogP contribution in [0.3, 0.4) is 0 Å². The monoisotopic (exact) mass is 544 g/mol. The molecule has 0 radical (unpaired) electrons. The number of furan rings is 1. The van der Waals surface area contributed by atoms with Crippen LogP contribution in [0.25, 0.3) is 11.0 Å². The Morgan fingerprint density at radius 1 is 1.18 bits per heavy atom. The minimum atomic E-state index is -0.502. The Labute approximate surface area is 208 Å². The van der Waals surface area contributed by atoms with Gasteiger partial charge in [-0.05, 0) is 70.9 Å². The van der Waals surface area contributed by atoms with Gasteiger partial charge in [-0.2, -0.15) is 5.10 Å². The molecule has 174 valence electrons. The van der Waals surface area contributed by atoms with Gasteiger partial charge in [0.2, 0.25) is 0 Å². The second-order valence-electron chi connectivity index (χ2n) is 7.14. The van der Waals surface area contributed by atoms with Crippen molar-refractivity contribution in [1.82, 2.24) is 5.43 Å². The van der Waals surface area contributed by atoms with E-state index in [1.807, 2.05) is 6.92 Å². The predicted octanol–water partition coefficient (Wildman–Crippen LogP) is 6.73. The summed E-state index contributed by atoms with van der Waals surface area (Å²) in [5.74, 6) is 0.158. The number of ether oxygens (including phenoxy) is 2. The summed E-state index contributed by atoms with van der Waals surface area (Å²) in [6.07, 6.45) is 1.46. The van der Waals surface area contributed by atoms with Crippen molar-refractivity contribution in [2.45, 2.75) is 13.5 Å². The Bertz CT molecular complexity index is 1370. The summed E-state index contributed by atoms with van der Waals surface area (Å²) in [5.41, 5.74) is 4.06. The zero-order valence-corrected chi connectivity index (χ0v) is 20.3. The minimum Gasteiger partial charge on any atom is -0.490 e. The van der Waals surface area contributed by atoms with Crippen molar-refractivity contribution in [1.29, 1.82) is 0 Å². The first-order valence-corrected chi connectivity index (χ1v) is 11.5. The van der Waals surface area contributed by atoms with Gasteiger partial charge in [-0.25, -0.2) is 9.82 Å². The average molecular weight is 546 g/mol. The van der Waals surface area contributed by atoms with Gasteiger partial charge in [0.05, 0.1) is 17.3 Å². The quantitative estimate of drug-likeness (QED) is 0.197. The molecule has 1 amide bonds. The van der Waals surface area contributed by atoms with Crippen LogP contribution in [0.1, 0.15) is 28.6 Å². The first kappa shape index (κ1) is 23.8. The zero-order chi connectivity index (χ0) is 24.1. The maximum Gasteiger partial charge on any atom is 0.307 e. The molecule has 1 heterocycles. The van der Waals surface area contributed by atoms with Crippen LogP contribution in [-0.4, -0.2) is 18.7 Å². The first-order valence-electron chi connectivity index (χ1n) is 10.3. The van der Waals surface area contributed by atoms with Crippen LogP contribution in [-0.2, 0) is 6.61 Å². The number of carbonyl (C=O) groups excluding carboxylic acids is 1. The smallest absolute Gasteiger partial charge is 0.307 e. The molecule has 0 aliphatic rings. The number of fused-ring (bicyclic) bond motifs is 1. The van der Waals surface area contributed by atoms with Crippen LogP contribution >= 0.6 is 27.5 Å². The Hall–Kier alpha value is -3.36. The van der Waals surface area contributed by atoms with Crippen LogP contribution in [0.5, 0.6) is 11.5 Å². The molecule has 0 fully saturated rings. The molecule has 0 aliphatic heterocycles. The molecule has 4 aromatic rings. The number of nitrogens with zero attached hydrogens (tertiary/aromatic N) is 1. The largest absolute Gasteiger partial charge is 0.490 e. The van der Waals surface area contributed by atoms with E-state index in [1.54, 1.807) is 54.6 Å². The highest BCUT2D eigenvalue weighted by Crippen LogP contribution is 2.37. The summed E-state index contributed by atoms with van der Waals surface area (Å²) in [6.45, 7) is 2.28. The van der Waals surface area contributed by atoms with Crippen molar-refractivity contribution in [3.8, 4) is 11.5 Å². The number of amides is 1. The van der Waals surface area contributed by atoms with E-state index in [0.29, 0.717) is 44.3 Å². The standard InChI is InChI=1S/C25H19BrClFN2O4/c1-2-32-22-10-15(9-19(26)24(22)33-14-16-5-3-4-6-20(16)28)13-29-30-25(31)23-12-17-11-18(27)7-8-21(17)34-23/h3-13H,2,14H2,1H3,(H,30,31)/b29-13+. The molecular weight excluding hydrogens is 527 g/mol. The lowest BCUT2D eigenvalue weighted by molar-refractivity contribution is 0.0929. The number of halogens is 3. The summed E-state index contributed by atoms with van der Waals surface area (Å²) in [6, 6.07) is 16.6. The summed E-state index contributed by atoms with van der Waals surface area (Å²) in [4.78, 5) is 12.4. The molecule has 0 atom stereocenters. The maximum atomic E-state index is 13.9. The molecule has 0 saturated heterocycles. The number of benzene rings is 3. The van der Waals surface area contributed by atoms with Gasteiger partial charge >= 0.3 is 5.91 Å². The molecule has 6 nitrogen and oxygen atoms in total. The number of carbonyl (C=O) groups is 1. The fourth-order valence-electron chi connectivity index (χ4n) is 3.18. The molecular formula is C25H19BrClFN2O4. The van der Waals surface area contributed by atoms with Gasteiger partial charge in [0, 0.05) is 16.0 Å². The van der Waals surface area contributed by atoms with Crippen molar-refractivity contribution in [2.24, 2.45) is 5.10 Å². The van der Waals surface area contributed by atoms with E-state index in [-0.39, 0.29) is 18.2 Å². The Morgan fingerprint density at radius 3 is 2.79 bits per heavy atom. The van der Waals surface area contributed by atoms with Gasteiger partial charge in [0.1, 0.15) is 18.0 Å². The van der Waals surface area contributed by atoms with Crippen molar-refractivity contribution in [3.05, 3.63) is 92.9 Å². The Kier molecular flexibility index (Phi) is 7.49. The third kappa shape index (κ3) is 5.58. The lowest BCUT2D eigenvalue weighted by Gasteiger charge is -2.15. The molecule has 0 aliphatic carbocycles. The first-order chi connectivity index (χ1) is 16.4. The third-order valence-corrected chi connectivity index (χ3v) is 5.57. The molecule has 9 heteroatoms.